The molecule has 3 heterocycles. The average Bonchev–Trinajstić information content (AvgIpc) is 2.97. The summed E-state index contributed by atoms with van der Waals surface area (Å²) in [6, 6.07) is 12.0. The van der Waals surface area contributed by atoms with E-state index < -0.39 is 0 Å². The zero-order chi connectivity index (χ0) is 15.1. The van der Waals surface area contributed by atoms with Crippen LogP contribution in [0.5, 0.6) is 5.88 Å². The minimum Gasteiger partial charge on any atom is -0.481 e. The Morgan fingerprint density at radius 2 is 2.09 bits per heavy atom. The molecule has 2 atom stereocenters. The van der Waals surface area contributed by atoms with Crippen LogP contribution in [-0.2, 0) is 11.2 Å². The van der Waals surface area contributed by atoms with Gasteiger partial charge in [-0.05, 0) is 23.1 Å². The largest absolute Gasteiger partial charge is 0.481 e. The van der Waals surface area contributed by atoms with E-state index in [4.69, 9.17) is 9.47 Å². The third-order valence-electron chi connectivity index (χ3n) is 4.43. The Bertz CT molecular complexity index is 714. The molecule has 4 rings (SSSR count). The van der Waals surface area contributed by atoms with Crippen molar-refractivity contribution in [2.75, 3.05) is 13.7 Å². The van der Waals surface area contributed by atoms with Crippen molar-refractivity contribution in [3.8, 4) is 5.88 Å². The van der Waals surface area contributed by atoms with Crippen molar-refractivity contribution in [3.05, 3.63) is 59.3 Å². The maximum Gasteiger partial charge on any atom is 0.411 e. The first-order chi connectivity index (χ1) is 10.8. The number of carbonyl (C=O) groups is 1. The molecule has 22 heavy (non-hydrogen) atoms. The summed E-state index contributed by atoms with van der Waals surface area (Å²) in [6.45, 7) is 0.413. The fourth-order valence-corrected chi connectivity index (χ4v) is 3.36. The molecule has 0 spiro atoms. The Morgan fingerprint density at radius 1 is 1.23 bits per heavy atom. The lowest BCUT2D eigenvalue weighted by Gasteiger charge is -2.36. The number of ether oxygens (including phenoxy) is 2. The molecular formula is C17H16N2O3. The molecule has 0 bridgehead atoms. The highest BCUT2D eigenvalue weighted by atomic mass is 16.6. The lowest BCUT2D eigenvalue weighted by atomic mass is 9.87. The molecular weight excluding hydrogens is 280 g/mol. The summed E-state index contributed by atoms with van der Waals surface area (Å²) in [5, 5.41) is 0. The Hall–Kier alpha value is -2.56. The second-order valence-electron chi connectivity index (χ2n) is 5.55. The standard InChI is InChI=1S/C17H16N2O3/c1-21-16-7-6-12(9-18-16)14-8-11-4-2-3-5-13(11)15-10-22-17(20)19(14)15/h2-7,9,14-15H,8,10H2,1H3/t14-,15+/m0/s1. The van der Waals surface area contributed by atoms with Gasteiger partial charge in [-0.15, -0.1) is 0 Å². The first-order valence-corrected chi connectivity index (χ1v) is 7.31. The number of cyclic esters (lactones) is 1. The van der Waals surface area contributed by atoms with E-state index in [0.717, 1.165) is 12.0 Å². The lowest BCUT2D eigenvalue weighted by Crippen LogP contribution is -2.37. The van der Waals surface area contributed by atoms with Crippen LogP contribution in [0.15, 0.2) is 42.6 Å². The van der Waals surface area contributed by atoms with Crippen LogP contribution >= 0.6 is 0 Å². The fraction of sp³-hybridized carbons (Fsp3) is 0.294. The van der Waals surface area contributed by atoms with Crippen molar-refractivity contribution in [3.63, 3.8) is 0 Å². The predicted octanol–water partition coefficient (Wildman–Crippen LogP) is 2.88. The van der Waals surface area contributed by atoms with E-state index in [-0.39, 0.29) is 18.2 Å². The first-order valence-electron chi connectivity index (χ1n) is 7.31. The molecule has 112 valence electrons. The summed E-state index contributed by atoms with van der Waals surface area (Å²) < 4.78 is 10.4. The summed E-state index contributed by atoms with van der Waals surface area (Å²) in [5.41, 5.74) is 3.45. The third-order valence-corrected chi connectivity index (χ3v) is 4.43. The molecule has 0 unspecified atom stereocenters. The average molecular weight is 296 g/mol. The van der Waals surface area contributed by atoms with Crippen LogP contribution in [0.3, 0.4) is 0 Å². The molecule has 1 aromatic heterocycles. The van der Waals surface area contributed by atoms with Crippen molar-refractivity contribution in [2.24, 2.45) is 0 Å². The van der Waals surface area contributed by atoms with Crippen molar-refractivity contribution >= 4 is 6.09 Å². The Morgan fingerprint density at radius 3 is 2.86 bits per heavy atom. The zero-order valence-corrected chi connectivity index (χ0v) is 12.2. The monoisotopic (exact) mass is 296 g/mol. The van der Waals surface area contributed by atoms with Gasteiger partial charge in [0.05, 0.1) is 19.2 Å². The van der Waals surface area contributed by atoms with Gasteiger partial charge in [0, 0.05) is 12.3 Å². The molecule has 0 N–H and O–H groups in total. The SMILES string of the molecule is COc1ccc([C@@H]2Cc3ccccc3[C@H]3COC(=O)N32)cn1. The van der Waals surface area contributed by atoms with Gasteiger partial charge in [-0.1, -0.05) is 30.3 Å². The smallest absolute Gasteiger partial charge is 0.411 e. The summed E-state index contributed by atoms with van der Waals surface area (Å²) >= 11 is 0. The maximum atomic E-state index is 12.2. The highest BCUT2D eigenvalue weighted by Crippen LogP contribution is 2.43. The lowest BCUT2D eigenvalue weighted by molar-refractivity contribution is 0.140. The second kappa shape index (κ2) is 5.02. The number of aromatic nitrogens is 1. The number of hydrogen-bond acceptors (Lipinski definition) is 4. The van der Waals surface area contributed by atoms with E-state index >= 15 is 0 Å². The van der Waals surface area contributed by atoms with Crippen LogP contribution in [0, 0.1) is 0 Å². The van der Waals surface area contributed by atoms with Crippen LogP contribution in [0.4, 0.5) is 4.79 Å². The highest BCUT2D eigenvalue weighted by Gasteiger charge is 2.43. The van der Waals surface area contributed by atoms with Crippen LogP contribution in [0.2, 0.25) is 0 Å². The highest BCUT2D eigenvalue weighted by molar-refractivity contribution is 5.72. The van der Waals surface area contributed by atoms with Crippen LogP contribution < -0.4 is 4.74 Å². The normalized spacial score (nSPS) is 22.8. The molecule has 1 saturated heterocycles. The molecule has 5 nitrogen and oxygen atoms in total. The molecule has 0 aliphatic carbocycles. The van der Waals surface area contributed by atoms with Crippen LogP contribution in [-0.4, -0.2) is 29.7 Å². The van der Waals surface area contributed by atoms with Crippen LogP contribution in [0.1, 0.15) is 28.8 Å². The van der Waals surface area contributed by atoms with Crippen molar-refractivity contribution < 1.29 is 14.3 Å². The molecule has 2 aromatic rings. The Balaban J connectivity index is 1.77. The quantitative estimate of drug-likeness (QED) is 0.855. The first kappa shape index (κ1) is 13.1. The van der Waals surface area contributed by atoms with Gasteiger partial charge in [0.2, 0.25) is 5.88 Å². The van der Waals surface area contributed by atoms with Gasteiger partial charge in [-0.25, -0.2) is 9.78 Å². The van der Waals surface area contributed by atoms with Gasteiger partial charge in [0.25, 0.3) is 0 Å². The number of methoxy groups -OCH3 is 1. The van der Waals surface area contributed by atoms with Gasteiger partial charge >= 0.3 is 6.09 Å². The van der Waals surface area contributed by atoms with E-state index in [1.54, 1.807) is 13.3 Å². The molecule has 0 saturated carbocycles. The minimum atomic E-state index is -0.250. The molecule has 1 fully saturated rings. The molecule has 5 heteroatoms. The number of carbonyl (C=O) groups excluding carboxylic acids is 1. The van der Waals surface area contributed by atoms with Crippen molar-refractivity contribution in [1.82, 2.24) is 9.88 Å². The summed E-state index contributed by atoms with van der Waals surface area (Å²) in [5.74, 6) is 0.570. The Kier molecular flexibility index (Phi) is 2.99. The number of hydrogen-bond donors (Lipinski definition) is 0. The number of fused-ring (bicyclic) bond motifs is 3. The van der Waals surface area contributed by atoms with Gasteiger partial charge in [-0.3, -0.25) is 4.90 Å². The summed E-state index contributed by atoms with van der Waals surface area (Å²) in [7, 11) is 1.59. The zero-order valence-electron chi connectivity index (χ0n) is 12.2. The summed E-state index contributed by atoms with van der Waals surface area (Å²) in [6.07, 6.45) is 2.30. The second-order valence-corrected chi connectivity index (χ2v) is 5.55. The van der Waals surface area contributed by atoms with E-state index in [1.807, 2.05) is 29.2 Å². The van der Waals surface area contributed by atoms with Gasteiger partial charge in [-0.2, -0.15) is 0 Å². The van der Waals surface area contributed by atoms with E-state index in [0.29, 0.717) is 12.5 Å². The fourth-order valence-electron chi connectivity index (χ4n) is 3.36. The molecule has 2 aliphatic rings. The number of nitrogens with zero attached hydrogens (tertiary/aromatic N) is 2. The van der Waals surface area contributed by atoms with E-state index in [9.17, 15) is 4.79 Å². The number of benzene rings is 1. The number of pyridine rings is 1. The van der Waals surface area contributed by atoms with Crippen molar-refractivity contribution in [2.45, 2.75) is 18.5 Å². The molecule has 1 aromatic carbocycles. The van der Waals surface area contributed by atoms with Gasteiger partial charge in [0.15, 0.2) is 0 Å². The molecule has 2 aliphatic heterocycles. The summed E-state index contributed by atoms with van der Waals surface area (Å²) in [4.78, 5) is 18.3. The topological polar surface area (TPSA) is 51.7 Å². The van der Waals surface area contributed by atoms with E-state index in [1.165, 1.54) is 11.1 Å². The Labute approximate surface area is 128 Å². The predicted molar refractivity (Wildman–Crippen MR) is 79.6 cm³/mol. The van der Waals surface area contributed by atoms with Crippen LogP contribution in [0.25, 0.3) is 0 Å². The van der Waals surface area contributed by atoms with Crippen molar-refractivity contribution in [1.29, 1.82) is 0 Å². The number of rotatable bonds is 2. The maximum absolute atomic E-state index is 12.2. The van der Waals surface area contributed by atoms with Gasteiger partial charge in [0.1, 0.15) is 6.61 Å². The third kappa shape index (κ3) is 1.93. The minimum absolute atomic E-state index is 0.00967. The van der Waals surface area contributed by atoms with E-state index in [2.05, 4.69) is 17.1 Å². The number of amides is 1. The molecule has 0 radical (unpaired) electrons. The van der Waals surface area contributed by atoms with Gasteiger partial charge < -0.3 is 9.47 Å². The molecule has 1 amide bonds.